The van der Waals surface area contributed by atoms with Crippen LogP contribution in [0.2, 0.25) is 0 Å². The number of amides is 1. The van der Waals surface area contributed by atoms with Gasteiger partial charge in [-0.3, -0.25) is 0 Å². The van der Waals surface area contributed by atoms with Crippen LogP contribution in [-0.4, -0.2) is 41.4 Å². The minimum Gasteiger partial charge on any atom is -0.465 e. The third kappa shape index (κ3) is 5.80. The Balaban J connectivity index is 2.79. The fourth-order valence-electron chi connectivity index (χ4n) is 1.55. The first kappa shape index (κ1) is 16.3. The summed E-state index contributed by atoms with van der Waals surface area (Å²) in [6, 6.07) is 7.89. The highest BCUT2D eigenvalue weighted by Crippen LogP contribution is 2.07. The van der Waals surface area contributed by atoms with Crippen LogP contribution in [0.25, 0.3) is 0 Å². The Hall–Kier alpha value is -2.79. The molecule has 1 amide bonds. The summed E-state index contributed by atoms with van der Waals surface area (Å²) < 4.78 is 0. The van der Waals surface area contributed by atoms with E-state index in [0.717, 1.165) is 5.56 Å². The first-order valence-corrected chi connectivity index (χ1v) is 6.11. The van der Waals surface area contributed by atoms with Crippen LogP contribution in [0.15, 0.2) is 29.4 Å². The van der Waals surface area contributed by atoms with E-state index in [1.165, 1.54) is 0 Å². The summed E-state index contributed by atoms with van der Waals surface area (Å²) in [6.07, 6.45) is -0.982. The Bertz CT molecular complexity index is 536. The second-order valence-electron chi connectivity index (χ2n) is 4.09. The van der Waals surface area contributed by atoms with Gasteiger partial charge in [-0.05, 0) is 17.7 Å². The minimum absolute atomic E-state index is 0.0304. The average molecular weight is 292 g/mol. The molecule has 0 radical (unpaired) electrons. The molecule has 0 aliphatic rings. The molecule has 0 spiro atoms. The monoisotopic (exact) mass is 292 g/mol. The van der Waals surface area contributed by atoms with Crippen molar-refractivity contribution in [3.63, 3.8) is 0 Å². The summed E-state index contributed by atoms with van der Waals surface area (Å²) >= 11 is 0. The molecule has 1 atom stereocenters. The number of hydrogen-bond acceptors (Lipinski definition) is 5. The van der Waals surface area contributed by atoms with Crippen LogP contribution in [0.5, 0.6) is 0 Å². The molecule has 5 N–H and O–H groups in total. The summed E-state index contributed by atoms with van der Waals surface area (Å²) in [5.74, 6) is -0.0461. The van der Waals surface area contributed by atoms with Crippen molar-refractivity contribution in [1.82, 2.24) is 5.32 Å². The van der Waals surface area contributed by atoms with Gasteiger partial charge in [-0.15, -0.1) is 0 Å². The summed E-state index contributed by atoms with van der Waals surface area (Å²) in [5, 5.41) is 31.9. The summed E-state index contributed by atoms with van der Waals surface area (Å²) in [5.41, 5.74) is 6.97. The van der Waals surface area contributed by atoms with Gasteiger partial charge in [0.25, 0.3) is 0 Å². The molecule has 0 bridgehead atoms. The highest BCUT2D eigenvalue weighted by Gasteiger charge is 2.17. The van der Waals surface area contributed by atoms with Gasteiger partial charge in [0, 0.05) is 6.42 Å². The van der Waals surface area contributed by atoms with Crippen molar-refractivity contribution in [2.45, 2.75) is 12.5 Å². The molecule has 1 aromatic carbocycles. The summed E-state index contributed by atoms with van der Waals surface area (Å²) in [7, 11) is 0. The molecule has 0 aliphatic carbocycles. The zero-order valence-electron chi connectivity index (χ0n) is 11.2. The lowest BCUT2D eigenvalue weighted by Crippen LogP contribution is -2.45. The number of benzene rings is 1. The molecule has 0 heterocycles. The van der Waals surface area contributed by atoms with Crippen molar-refractivity contribution < 1.29 is 19.8 Å². The Morgan fingerprint density at radius 3 is 2.67 bits per heavy atom. The van der Waals surface area contributed by atoms with Crippen LogP contribution in [0.1, 0.15) is 11.1 Å². The van der Waals surface area contributed by atoms with E-state index in [9.17, 15) is 4.79 Å². The largest absolute Gasteiger partial charge is 0.465 e. The maximum absolute atomic E-state index is 10.8. The molecule has 0 aliphatic heterocycles. The number of nitrogens with two attached hydrogens (primary N) is 1. The Morgan fingerprint density at radius 2 is 2.14 bits per heavy atom. The second kappa shape index (κ2) is 8.39. The standard InChI is InChI=1S/C13H16N4O4/c14-8-10-3-1-9(2-4-10)7-11(16-13(19)20)12(15)17-21-6-5-18/h1-4,11,16,18H,5-7H2,(H2,15,17)(H,19,20). The lowest BCUT2D eigenvalue weighted by atomic mass is 10.0. The Kier molecular flexibility index (Phi) is 6.50. The van der Waals surface area contributed by atoms with E-state index in [0.29, 0.717) is 5.56 Å². The summed E-state index contributed by atoms with van der Waals surface area (Å²) in [6.45, 7) is -0.249. The van der Waals surface area contributed by atoms with Crippen molar-refractivity contribution in [3.8, 4) is 6.07 Å². The molecule has 112 valence electrons. The molecule has 8 heteroatoms. The minimum atomic E-state index is -1.24. The molecule has 1 rings (SSSR count). The fourth-order valence-corrected chi connectivity index (χ4v) is 1.55. The number of amidine groups is 1. The van der Waals surface area contributed by atoms with Gasteiger partial charge in [0.05, 0.1) is 24.3 Å². The zero-order chi connectivity index (χ0) is 15.7. The topological polar surface area (TPSA) is 141 Å². The average Bonchev–Trinajstić information content (AvgIpc) is 2.47. The number of aliphatic hydroxyl groups is 1. The number of nitrogens with one attached hydrogen (secondary N) is 1. The third-order valence-electron chi connectivity index (χ3n) is 2.53. The molecule has 1 unspecified atom stereocenters. The number of aliphatic hydroxyl groups excluding tert-OH is 1. The first-order valence-electron chi connectivity index (χ1n) is 6.11. The van der Waals surface area contributed by atoms with E-state index in [4.69, 9.17) is 26.0 Å². The van der Waals surface area contributed by atoms with Crippen LogP contribution in [0.3, 0.4) is 0 Å². The van der Waals surface area contributed by atoms with E-state index in [1.54, 1.807) is 24.3 Å². The third-order valence-corrected chi connectivity index (χ3v) is 2.53. The van der Waals surface area contributed by atoms with Crippen LogP contribution >= 0.6 is 0 Å². The van der Waals surface area contributed by atoms with E-state index in [2.05, 4.69) is 10.5 Å². The molecule has 0 fully saturated rings. The predicted octanol–water partition coefficient (Wildman–Crippen LogP) is 0.0181. The van der Waals surface area contributed by atoms with Gasteiger partial charge in [0.15, 0.2) is 5.84 Å². The molecule has 8 nitrogen and oxygen atoms in total. The van der Waals surface area contributed by atoms with Crippen molar-refractivity contribution >= 4 is 11.9 Å². The first-order chi connectivity index (χ1) is 10.1. The maximum Gasteiger partial charge on any atom is 0.405 e. The number of carbonyl (C=O) groups is 1. The van der Waals surface area contributed by atoms with Gasteiger partial charge < -0.3 is 26.1 Å². The highest BCUT2D eigenvalue weighted by molar-refractivity contribution is 5.88. The quantitative estimate of drug-likeness (QED) is 0.241. The fraction of sp³-hybridized carbons (Fsp3) is 0.308. The van der Waals surface area contributed by atoms with Gasteiger partial charge in [-0.2, -0.15) is 5.26 Å². The van der Waals surface area contributed by atoms with Gasteiger partial charge in [-0.1, -0.05) is 17.3 Å². The maximum atomic E-state index is 10.8. The molecular formula is C13H16N4O4. The number of oxime groups is 1. The van der Waals surface area contributed by atoms with E-state index in [1.807, 2.05) is 6.07 Å². The smallest absolute Gasteiger partial charge is 0.405 e. The lowest BCUT2D eigenvalue weighted by molar-refractivity contribution is 0.0974. The lowest BCUT2D eigenvalue weighted by Gasteiger charge is -2.16. The predicted molar refractivity (Wildman–Crippen MR) is 74.5 cm³/mol. The van der Waals surface area contributed by atoms with Gasteiger partial charge in [-0.25, -0.2) is 4.79 Å². The second-order valence-corrected chi connectivity index (χ2v) is 4.09. The van der Waals surface area contributed by atoms with E-state index >= 15 is 0 Å². The molecule has 0 saturated carbocycles. The molecule has 1 aromatic rings. The van der Waals surface area contributed by atoms with Crippen LogP contribution in [-0.2, 0) is 11.3 Å². The normalized spacial score (nSPS) is 12.3. The van der Waals surface area contributed by atoms with Crippen molar-refractivity contribution in [2.24, 2.45) is 10.9 Å². The molecule has 0 saturated heterocycles. The van der Waals surface area contributed by atoms with Crippen LogP contribution in [0, 0.1) is 11.3 Å². The SMILES string of the molecule is N#Cc1ccc(CC(NC(=O)O)C(N)=NOCCO)cc1. The van der Waals surface area contributed by atoms with Gasteiger partial charge >= 0.3 is 6.09 Å². The number of nitriles is 1. The van der Waals surface area contributed by atoms with Crippen molar-refractivity contribution in [2.75, 3.05) is 13.2 Å². The number of carboxylic acid groups (broad SMARTS) is 1. The van der Waals surface area contributed by atoms with Gasteiger partial charge in [0.2, 0.25) is 0 Å². The zero-order valence-corrected chi connectivity index (χ0v) is 11.2. The Morgan fingerprint density at radius 1 is 1.48 bits per heavy atom. The van der Waals surface area contributed by atoms with Crippen molar-refractivity contribution in [1.29, 1.82) is 5.26 Å². The molecule has 0 aromatic heterocycles. The number of rotatable bonds is 7. The van der Waals surface area contributed by atoms with Crippen molar-refractivity contribution in [3.05, 3.63) is 35.4 Å². The Labute approximate surface area is 121 Å². The number of hydrogen-bond donors (Lipinski definition) is 4. The van der Waals surface area contributed by atoms with Crippen LogP contribution in [0.4, 0.5) is 4.79 Å². The highest BCUT2D eigenvalue weighted by atomic mass is 16.6. The van der Waals surface area contributed by atoms with Crippen LogP contribution < -0.4 is 11.1 Å². The molecule has 21 heavy (non-hydrogen) atoms. The molecular weight excluding hydrogens is 276 g/mol. The van der Waals surface area contributed by atoms with E-state index < -0.39 is 12.1 Å². The number of nitrogens with zero attached hydrogens (tertiary/aromatic N) is 2. The van der Waals surface area contributed by atoms with Gasteiger partial charge in [0.1, 0.15) is 6.61 Å². The summed E-state index contributed by atoms with van der Waals surface area (Å²) in [4.78, 5) is 15.5. The van der Waals surface area contributed by atoms with E-state index in [-0.39, 0.29) is 25.5 Å².